The van der Waals surface area contributed by atoms with Crippen LogP contribution in [0.4, 0.5) is 0 Å². The summed E-state index contributed by atoms with van der Waals surface area (Å²) in [6.07, 6.45) is 1.08. The lowest BCUT2D eigenvalue weighted by Gasteiger charge is -2.22. The van der Waals surface area contributed by atoms with Gasteiger partial charge in [0.05, 0.1) is 4.87 Å². The number of hydrogen-bond donors (Lipinski definition) is 1. The van der Waals surface area contributed by atoms with Gasteiger partial charge in [0.25, 0.3) is 0 Å². The van der Waals surface area contributed by atoms with Crippen molar-refractivity contribution in [2.24, 2.45) is 0 Å². The molecule has 1 heterocycles. The van der Waals surface area contributed by atoms with E-state index < -0.39 is 0 Å². The molecule has 0 aromatic heterocycles. The monoisotopic (exact) mass is 195 g/mol. The van der Waals surface area contributed by atoms with Crippen LogP contribution >= 0.6 is 11.6 Å². The van der Waals surface area contributed by atoms with Gasteiger partial charge >= 0.3 is 0 Å². The first kappa shape index (κ1) is 9.04. The first-order chi connectivity index (χ1) is 6.20. The lowest BCUT2D eigenvalue weighted by atomic mass is 9.95. The van der Waals surface area contributed by atoms with Crippen LogP contribution in [-0.2, 0) is 11.3 Å². The van der Waals surface area contributed by atoms with Crippen molar-refractivity contribution in [2.45, 2.75) is 18.2 Å². The van der Waals surface area contributed by atoms with Gasteiger partial charge in [0, 0.05) is 6.54 Å². The van der Waals surface area contributed by atoms with E-state index in [0.29, 0.717) is 0 Å². The van der Waals surface area contributed by atoms with Crippen LogP contribution in [0, 0.1) is 0 Å². The standard InChI is InChI=1S/C11H14ClN/c1-11(12)8-13-7-6-9-4-2-3-5-10(9)11/h2-5,13H,6-8H2,1H3/t11-/m1/s1. The van der Waals surface area contributed by atoms with Crippen LogP contribution in [-0.4, -0.2) is 13.1 Å². The van der Waals surface area contributed by atoms with E-state index in [1.807, 2.05) is 0 Å². The molecule has 0 radical (unpaired) electrons. The highest BCUT2D eigenvalue weighted by molar-refractivity contribution is 6.24. The molecule has 13 heavy (non-hydrogen) atoms. The lowest BCUT2D eigenvalue weighted by Crippen LogP contribution is -2.29. The average Bonchev–Trinajstić information content (AvgIpc) is 2.26. The fraction of sp³-hybridized carbons (Fsp3) is 0.455. The normalized spacial score (nSPS) is 27.8. The Morgan fingerprint density at radius 3 is 3.00 bits per heavy atom. The number of hydrogen-bond acceptors (Lipinski definition) is 1. The number of fused-ring (bicyclic) bond motifs is 1. The van der Waals surface area contributed by atoms with Gasteiger partial charge in [-0.25, -0.2) is 0 Å². The van der Waals surface area contributed by atoms with E-state index in [1.165, 1.54) is 11.1 Å². The minimum absolute atomic E-state index is 0.243. The summed E-state index contributed by atoms with van der Waals surface area (Å²) in [5.74, 6) is 0. The Morgan fingerprint density at radius 2 is 2.15 bits per heavy atom. The highest BCUT2D eigenvalue weighted by Gasteiger charge is 2.27. The van der Waals surface area contributed by atoms with Crippen LogP contribution in [0.2, 0.25) is 0 Å². The first-order valence-electron chi connectivity index (χ1n) is 4.68. The molecule has 1 aromatic carbocycles. The van der Waals surface area contributed by atoms with Crippen molar-refractivity contribution in [2.75, 3.05) is 13.1 Å². The molecule has 1 N–H and O–H groups in total. The lowest BCUT2D eigenvalue weighted by molar-refractivity contribution is 0.595. The van der Waals surface area contributed by atoms with Crippen molar-refractivity contribution in [3.8, 4) is 0 Å². The van der Waals surface area contributed by atoms with E-state index >= 15 is 0 Å². The summed E-state index contributed by atoms with van der Waals surface area (Å²) in [6.45, 7) is 3.95. The van der Waals surface area contributed by atoms with Crippen molar-refractivity contribution in [1.29, 1.82) is 0 Å². The van der Waals surface area contributed by atoms with E-state index in [9.17, 15) is 0 Å². The maximum atomic E-state index is 6.44. The Hall–Kier alpha value is -0.530. The Labute approximate surface area is 84.1 Å². The molecule has 0 saturated heterocycles. The Bertz CT molecular complexity index is 307. The van der Waals surface area contributed by atoms with E-state index in [4.69, 9.17) is 11.6 Å². The number of halogens is 1. The summed E-state index contributed by atoms with van der Waals surface area (Å²) in [4.78, 5) is -0.243. The van der Waals surface area contributed by atoms with Gasteiger partial charge in [0.1, 0.15) is 0 Å². The van der Waals surface area contributed by atoms with Crippen LogP contribution in [0.5, 0.6) is 0 Å². The van der Waals surface area contributed by atoms with Crippen molar-refractivity contribution in [3.63, 3.8) is 0 Å². The van der Waals surface area contributed by atoms with Crippen LogP contribution in [0.3, 0.4) is 0 Å². The second-order valence-corrected chi connectivity index (χ2v) is 4.62. The van der Waals surface area contributed by atoms with Gasteiger partial charge in [-0.1, -0.05) is 24.3 Å². The molecule has 0 fully saturated rings. The average molecular weight is 196 g/mol. The Balaban J connectivity index is 2.48. The molecule has 1 aliphatic rings. The zero-order valence-electron chi connectivity index (χ0n) is 7.81. The molecular weight excluding hydrogens is 182 g/mol. The van der Waals surface area contributed by atoms with Gasteiger partial charge in [0.2, 0.25) is 0 Å². The first-order valence-corrected chi connectivity index (χ1v) is 5.06. The highest BCUT2D eigenvalue weighted by atomic mass is 35.5. The van der Waals surface area contributed by atoms with E-state index in [1.54, 1.807) is 0 Å². The second-order valence-electron chi connectivity index (χ2n) is 3.78. The highest BCUT2D eigenvalue weighted by Crippen LogP contribution is 2.32. The quantitative estimate of drug-likeness (QED) is 0.627. The summed E-state index contributed by atoms with van der Waals surface area (Å²) in [7, 11) is 0. The predicted molar refractivity (Wildman–Crippen MR) is 56.2 cm³/mol. The van der Waals surface area contributed by atoms with Crippen molar-refractivity contribution < 1.29 is 0 Å². The minimum atomic E-state index is -0.243. The largest absolute Gasteiger partial charge is 0.314 e. The van der Waals surface area contributed by atoms with Gasteiger partial charge in [0.15, 0.2) is 0 Å². The predicted octanol–water partition coefficient (Wildman–Crippen LogP) is 2.29. The van der Waals surface area contributed by atoms with Crippen LogP contribution in [0.1, 0.15) is 18.1 Å². The third-order valence-electron chi connectivity index (χ3n) is 2.61. The third-order valence-corrected chi connectivity index (χ3v) is 2.94. The molecule has 2 heteroatoms. The Kier molecular flexibility index (Phi) is 2.31. The molecule has 0 amide bonds. The van der Waals surface area contributed by atoms with Gasteiger partial charge in [-0.2, -0.15) is 0 Å². The van der Waals surface area contributed by atoms with E-state index in [-0.39, 0.29) is 4.87 Å². The van der Waals surface area contributed by atoms with Crippen molar-refractivity contribution >= 4 is 11.6 Å². The summed E-state index contributed by atoms with van der Waals surface area (Å²) >= 11 is 6.44. The van der Waals surface area contributed by atoms with E-state index in [2.05, 4.69) is 36.5 Å². The maximum absolute atomic E-state index is 6.44. The minimum Gasteiger partial charge on any atom is -0.314 e. The topological polar surface area (TPSA) is 12.0 Å². The molecule has 0 bridgehead atoms. The number of alkyl halides is 1. The van der Waals surface area contributed by atoms with Gasteiger partial charge in [-0.05, 0) is 31.0 Å². The van der Waals surface area contributed by atoms with Crippen LogP contribution in [0.15, 0.2) is 24.3 Å². The molecular formula is C11H14ClN. The fourth-order valence-electron chi connectivity index (χ4n) is 1.89. The SMILES string of the molecule is C[C@@]1(Cl)CNCCc2ccccc21. The van der Waals surface area contributed by atoms with Crippen LogP contribution in [0.25, 0.3) is 0 Å². The second kappa shape index (κ2) is 3.32. The molecule has 1 aromatic rings. The summed E-state index contributed by atoms with van der Waals surface area (Å²) in [6, 6.07) is 8.44. The molecule has 2 rings (SSSR count). The molecule has 0 saturated carbocycles. The molecule has 1 nitrogen and oxygen atoms in total. The molecule has 0 spiro atoms. The maximum Gasteiger partial charge on any atom is 0.0793 e. The fourth-order valence-corrected chi connectivity index (χ4v) is 2.17. The summed E-state index contributed by atoms with van der Waals surface area (Å²) in [5, 5.41) is 3.35. The number of rotatable bonds is 0. The Morgan fingerprint density at radius 1 is 1.38 bits per heavy atom. The zero-order valence-corrected chi connectivity index (χ0v) is 8.56. The molecule has 1 atom stereocenters. The zero-order chi connectivity index (χ0) is 9.31. The van der Waals surface area contributed by atoms with Gasteiger partial charge in [-0.15, -0.1) is 11.6 Å². The van der Waals surface area contributed by atoms with Gasteiger partial charge in [-0.3, -0.25) is 0 Å². The van der Waals surface area contributed by atoms with Crippen molar-refractivity contribution in [3.05, 3.63) is 35.4 Å². The number of nitrogens with one attached hydrogen (secondary N) is 1. The number of benzene rings is 1. The van der Waals surface area contributed by atoms with E-state index in [0.717, 1.165) is 19.5 Å². The smallest absolute Gasteiger partial charge is 0.0793 e. The van der Waals surface area contributed by atoms with Crippen LogP contribution < -0.4 is 5.32 Å². The molecule has 1 aliphatic heterocycles. The van der Waals surface area contributed by atoms with Gasteiger partial charge < -0.3 is 5.32 Å². The third kappa shape index (κ3) is 1.72. The summed E-state index contributed by atoms with van der Waals surface area (Å²) < 4.78 is 0. The molecule has 70 valence electrons. The molecule has 0 unspecified atom stereocenters. The summed E-state index contributed by atoms with van der Waals surface area (Å²) in [5.41, 5.74) is 2.66. The van der Waals surface area contributed by atoms with Crippen molar-refractivity contribution in [1.82, 2.24) is 5.32 Å². The molecule has 0 aliphatic carbocycles.